The number of amides is 4. The maximum absolute atomic E-state index is 13.1. The zero-order valence-corrected chi connectivity index (χ0v) is 17.4. The molecule has 0 saturated carbocycles. The van der Waals surface area contributed by atoms with Crippen LogP contribution in [-0.4, -0.2) is 53.9 Å². The molecule has 2 aliphatic heterocycles. The topological polar surface area (TPSA) is 91.0 Å². The smallest absolute Gasteiger partial charge is 0.325 e. The predicted molar refractivity (Wildman–Crippen MR) is 114 cm³/mol. The molecule has 2 atom stereocenters. The van der Waals surface area contributed by atoms with Gasteiger partial charge in [0.05, 0.1) is 25.3 Å². The van der Waals surface area contributed by atoms with Gasteiger partial charge in [-0.25, -0.2) is 4.79 Å². The number of hydrogen-bond acceptors (Lipinski definition) is 5. The normalized spacial score (nSPS) is 20.1. The summed E-state index contributed by atoms with van der Waals surface area (Å²) in [6.07, 6.45) is 1.63. The molecule has 0 bridgehead atoms. The summed E-state index contributed by atoms with van der Waals surface area (Å²) in [7, 11) is 3.32. The monoisotopic (exact) mass is 420 g/mol. The van der Waals surface area contributed by atoms with Gasteiger partial charge in [-0.15, -0.1) is 0 Å². The first-order valence-corrected chi connectivity index (χ1v) is 9.98. The van der Waals surface area contributed by atoms with Crippen LogP contribution in [0, 0.1) is 0 Å². The predicted octanol–water partition coefficient (Wildman–Crippen LogP) is 1.63. The molecule has 2 unspecified atom stereocenters. The van der Waals surface area contributed by atoms with E-state index in [1.807, 2.05) is 54.6 Å². The summed E-state index contributed by atoms with van der Waals surface area (Å²) in [5, 5.41) is 5.69. The molecule has 2 aliphatic rings. The number of likely N-dealkylation sites (N-methyl/N-ethyl adjacent to an activating group) is 1. The van der Waals surface area contributed by atoms with Gasteiger partial charge >= 0.3 is 6.03 Å². The van der Waals surface area contributed by atoms with E-state index in [1.165, 1.54) is 4.90 Å². The number of ether oxygens (including phenoxy) is 1. The van der Waals surface area contributed by atoms with Crippen LogP contribution in [0.4, 0.5) is 4.79 Å². The van der Waals surface area contributed by atoms with Crippen LogP contribution < -0.4 is 15.4 Å². The molecule has 8 heteroatoms. The van der Waals surface area contributed by atoms with Crippen LogP contribution in [0.1, 0.15) is 11.1 Å². The first-order valence-electron chi connectivity index (χ1n) is 9.98. The van der Waals surface area contributed by atoms with E-state index in [2.05, 4.69) is 10.6 Å². The lowest BCUT2D eigenvalue weighted by Gasteiger charge is -2.37. The quantitative estimate of drug-likeness (QED) is 0.741. The van der Waals surface area contributed by atoms with Crippen LogP contribution in [0.5, 0.6) is 5.75 Å². The van der Waals surface area contributed by atoms with Crippen molar-refractivity contribution in [3.05, 3.63) is 77.5 Å². The zero-order valence-electron chi connectivity index (χ0n) is 17.4. The molecule has 0 radical (unpaired) electrons. The largest absolute Gasteiger partial charge is 0.497 e. The minimum Gasteiger partial charge on any atom is -0.497 e. The van der Waals surface area contributed by atoms with E-state index in [-0.39, 0.29) is 18.4 Å². The minimum atomic E-state index is -0.692. The van der Waals surface area contributed by atoms with Crippen molar-refractivity contribution in [1.82, 2.24) is 20.4 Å². The van der Waals surface area contributed by atoms with Crippen LogP contribution in [-0.2, 0) is 22.7 Å². The Morgan fingerprint density at radius 1 is 1.10 bits per heavy atom. The van der Waals surface area contributed by atoms with Crippen molar-refractivity contribution < 1.29 is 19.1 Å². The number of fused-ring (bicyclic) bond motifs is 1. The standard InChI is InChI=1S/C23H24N4O4/c1-26-14-18(21(28)24-12-16-9-6-10-17(11-16)31-2)19-20(26)22(29)27(23(30)25-19)13-15-7-4-3-5-8-15/h3-11,14,19-20H,12-13H2,1-2H3,(H,24,28)(H,25,30). The number of rotatable bonds is 6. The second-order valence-electron chi connectivity index (χ2n) is 7.57. The van der Waals surface area contributed by atoms with Gasteiger partial charge in [-0.3, -0.25) is 14.5 Å². The molecule has 31 heavy (non-hydrogen) atoms. The molecule has 1 fully saturated rings. The molecule has 2 aromatic carbocycles. The van der Waals surface area contributed by atoms with Crippen LogP contribution in [0.25, 0.3) is 0 Å². The number of carbonyl (C=O) groups is 3. The summed E-state index contributed by atoms with van der Waals surface area (Å²) < 4.78 is 5.20. The van der Waals surface area contributed by atoms with Crippen LogP contribution in [0.3, 0.4) is 0 Å². The SMILES string of the molecule is COc1cccc(CNC(=O)C2=CN(C)C3C(=O)N(Cc4ccccc4)C(=O)NC23)c1. The molecule has 0 spiro atoms. The summed E-state index contributed by atoms with van der Waals surface area (Å²) in [4.78, 5) is 41.5. The molecule has 8 nitrogen and oxygen atoms in total. The maximum atomic E-state index is 13.1. The van der Waals surface area contributed by atoms with Crippen LogP contribution in [0.15, 0.2) is 66.4 Å². The van der Waals surface area contributed by atoms with Gasteiger partial charge in [0.1, 0.15) is 11.8 Å². The summed E-state index contributed by atoms with van der Waals surface area (Å²) in [5.41, 5.74) is 2.10. The number of carbonyl (C=O) groups excluding carboxylic acids is 3. The van der Waals surface area contributed by atoms with E-state index < -0.39 is 18.1 Å². The minimum absolute atomic E-state index is 0.180. The molecule has 4 rings (SSSR count). The molecule has 2 aromatic rings. The van der Waals surface area contributed by atoms with Crippen molar-refractivity contribution in [2.45, 2.75) is 25.2 Å². The fraction of sp³-hybridized carbons (Fsp3) is 0.261. The van der Waals surface area contributed by atoms with Crippen molar-refractivity contribution in [2.75, 3.05) is 14.2 Å². The van der Waals surface area contributed by atoms with Crippen molar-refractivity contribution in [3.8, 4) is 5.75 Å². The van der Waals surface area contributed by atoms with Gasteiger partial charge in [0, 0.05) is 19.8 Å². The van der Waals surface area contributed by atoms with E-state index >= 15 is 0 Å². The molecule has 0 aromatic heterocycles. The Hall–Kier alpha value is -3.81. The highest BCUT2D eigenvalue weighted by atomic mass is 16.5. The highest BCUT2D eigenvalue weighted by molar-refractivity contribution is 6.05. The van der Waals surface area contributed by atoms with Gasteiger partial charge in [-0.05, 0) is 23.3 Å². The summed E-state index contributed by atoms with van der Waals surface area (Å²) in [6.45, 7) is 0.483. The number of hydrogen-bond donors (Lipinski definition) is 2. The van der Waals surface area contributed by atoms with Gasteiger partial charge < -0.3 is 20.3 Å². The molecular formula is C23H24N4O4. The van der Waals surface area contributed by atoms with Crippen molar-refractivity contribution >= 4 is 17.8 Å². The number of benzene rings is 2. The third-order valence-electron chi connectivity index (χ3n) is 5.51. The highest BCUT2D eigenvalue weighted by Crippen LogP contribution is 2.27. The van der Waals surface area contributed by atoms with E-state index in [0.717, 1.165) is 11.1 Å². The maximum Gasteiger partial charge on any atom is 0.325 e. The van der Waals surface area contributed by atoms with Crippen molar-refractivity contribution in [1.29, 1.82) is 0 Å². The summed E-state index contributed by atoms with van der Waals surface area (Å²) in [6, 6.07) is 14.9. The molecule has 4 amide bonds. The molecular weight excluding hydrogens is 396 g/mol. The average molecular weight is 420 g/mol. The van der Waals surface area contributed by atoms with Crippen molar-refractivity contribution in [2.24, 2.45) is 0 Å². The lowest BCUT2D eigenvalue weighted by Crippen LogP contribution is -2.64. The number of nitrogens with one attached hydrogen (secondary N) is 2. The van der Waals surface area contributed by atoms with Gasteiger partial charge in [-0.1, -0.05) is 42.5 Å². The second kappa shape index (κ2) is 8.51. The number of urea groups is 1. The fourth-order valence-corrected chi connectivity index (χ4v) is 3.91. The van der Waals surface area contributed by atoms with Gasteiger partial charge in [-0.2, -0.15) is 0 Å². The Morgan fingerprint density at radius 2 is 1.84 bits per heavy atom. The van der Waals surface area contributed by atoms with Crippen molar-refractivity contribution in [3.63, 3.8) is 0 Å². The molecule has 1 saturated heterocycles. The lowest BCUT2D eigenvalue weighted by molar-refractivity contribution is -0.135. The Morgan fingerprint density at radius 3 is 2.58 bits per heavy atom. The first-order chi connectivity index (χ1) is 15.0. The Kier molecular flexibility index (Phi) is 5.62. The Balaban J connectivity index is 1.45. The van der Waals surface area contributed by atoms with Crippen LogP contribution >= 0.6 is 0 Å². The highest BCUT2D eigenvalue weighted by Gasteiger charge is 2.49. The van der Waals surface area contributed by atoms with E-state index in [0.29, 0.717) is 17.9 Å². The summed E-state index contributed by atoms with van der Waals surface area (Å²) >= 11 is 0. The van der Waals surface area contributed by atoms with E-state index in [9.17, 15) is 14.4 Å². The van der Waals surface area contributed by atoms with Gasteiger partial charge in [0.15, 0.2) is 0 Å². The van der Waals surface area contributed by atoms with Gasteiger partial charge in [0.2, 0.25) is 0 Å². The number of methoxy groups -OCH3 is 1. The first kappa shape index (κ1) is 20.5. The van der Waals surface area contributed by atoms with Gasteiger partial charge in [0.25, 0.3) is 11.8 Å². The zero-order chi connectivity index (χ0) is 22.0. The molecule has 2 heterocycles. The Labute approximate surface area is 180 Å². The molecule has 160 valence electrons. The number of nitrogens with zero attached hydrogens (tertiary/aromatic N) is 2. The van der Waals surface area contributed by atoms with Crippen LogP contribution in [0.2, 0.25) is 0 Å². The van der Waals surface area contributed by atoms with E-state index in [4.69, 9.17) is 4.74 Å². The summed E-state index contributed by atoms with van der Waals surface area (Å²) in [5.74, 6) is 0.0500. The molecule has 2 N–H and O–H groups in total. The third kappa shape index (κ3) is 4.09. The second-order valence-corrected chi connectivity index (χ2v) is 7.57. The lowest BCUT2D eigenvalue weighted by atomic mass is 9.99. The Bertz CT molecular complexity index is 1040. The van der Waals surface area contributed by atoms with E-state index in [1.54, 1.807) is 25.3 Å². The number of imide groups is 1. The molecule has 0 aliphatic carbocycles. The average Bonchev–Trinajstić information content (AvgIpc) is 3.12. The fourth-order valence-electron chi connectivity index (χ4n) is 3.91. The third-order valence-corrected chi connectivity index (χ3v) is 5.51.